The van der Waals surface area contributed by atoms with Gasteiger partial charge in [-0.05, 0) is 11.1 Å². The predicted octanol–water partition coefficient (Wildman–Crippen LogP) is 1.26. The van der Waals surface area contributed by atoms with E-state index in [1.807, 2.05) is 40.1 Å². The summed E-state index contributed by atoms with van der Waals surface area (Å²) in [7, 11) is 1.57. The molecule has 3 heterocycles. The number of carbonyl (C=O) groups is 2. The van der Waals surface area contributed by atoms with Gasteiger partial charge in [0.2, 0.25) is 5.91 Å². The van der Waals surface area contributed by atoms with Crippen molar-refractivity contribution in [3.63, 3.8) is 0 Å². The van der Waals surface area contributed by atoms with Gasteiger partial charge in [-0.25, -0.2) is 0 Å². The number of nitrogens with one attached hydrogen (secondary N) is 1. The number of carbonyl (C=O) groups excluding carboxylic acids is 2. The Morgan fingerprint density at radius 1 is 1.15 bits per heavy atom. The molecule has 2 aliphatic heterocycles. The van der Waals surface area contributed by atoms with Crippen molar-refractivity contribution in [2.24, 2.45) is 11.8 Å². The molecule has 1 unspecified atom stereocenters. The number of hydrogen-bond donors (Lipinski definition) is 1. The van der Waals surface area contributed by atoms with Crippen LogP contribution in [0.5, 0.6) is 0 Å². The summed E-state index contributed by atoms with van der Waals surface area (Å²) in [6.07, 6.45) is 3.25. The van der Waals surface area contributed by atoms with Crippen molar-refractivity contribution in [1.29, 1.82) is 0 Å². The molecule has 142 valence electrons. The summed E-state index contributed by atoms with van der Waals surface area (Å²) < 4.78 is 5.49. The molecule has 0 bridgehead atoms. The van der Waals surface area contributed by atoms with Crippen molar-refractivity contribution in [3.05, 3.63) is 53.9 Å². The van der Waals surface area contributed by atoms with Crippen LogP contribution < -0.4 is 0 Å². The first-order valence-corrected chi connectivity index (χ1v) is 9.27. The Kier molecular flexibility index (Phi) is 4.94. The SMILES string of the molecule is COC(C(=O)N1C[C@H]2CN(C(=O)Cc3cn[nH]c3)C[C@H]2C1)c1ccccc1. The van der Waals surface area contributed by atoms with E-state index in [0.29, 0.717) is 44.4 Å². The molecule has 0 saturated carbocycles. The standard InChI is InChI=1S/C20H24N4O3/c1-27-19(15-5-3-2-4-6-15)20(26)24-12-16-10-23(11-17(16)13-24)18(25)7-14-8-21-22-9-14/h2-6,8-9,16-17,19H,7,10-13H2,1H3,(H,21,22)/t16-,17+,19?. The summed E-state index contributed by atoms with van der Waals surface area (Å²) in [5, 5.41) is 6.62. The van der Waals surface area contributed by atoms with E-state index in [4.69, 9.17) is 4.74 Å². The topological polar surface area (TPSA) is 78.5 Å². The lowest BCUT2D eigenvalue weighted by molar-refractivity contribution is -0.141. The van der Waals surface area contributed by atoms with E-state index in [9.17, 15) is 9.59 Å². The lowest BCUT2D eigenvalue weighted by atomic mass is 10.0. The van der Waals surface area contributed by atoms with E-state index >= 15 is 0 Å². The molecule has 2 aromatic rings. The van der Waals surface area contributed by atoms with Crippen molar-refractivity contribution in [2.75, 3.05) is 33.3 Å². The zero-order chi connectivity index (χ0) is 18.8. The molecular weight excluding hydrogens is 344 g/mol. The van der Waals surface area contributed by atoms with Gasteiger partial charge in [-0.1, -0.05) is 30.3 Å². The summed E-state index contributed by atoms with van der Waals surface area (Å²) in [6.45, 7) is 2.81. The minimum Gasteiger partial charge on any atom is -0.367 e. The fourth-order valence-electron chi connectivity index (χ4n) is 4.21. The maximum Gasteiger partial charge on any atom is 0.256 e. The van der Waals surface area contributed by atoms with Crippen LogP contribution in [0.15, 0.2) is 42.7 Å². The third-order valence-corrected chi connectivity index (χ3v) is 5.62. The summed E-state index contributed by atoms with van der Waals surface area (Å²) in [5.41, 5.74) is 1.78. The van der Waals surface area contributed by atoms with Crippen molar-refractivity contribution < 1.29 is 14.3 Å². The molecule has 3 atom stereocenters. The maximum absolute atomic E-state index is 12.9. The van der Waals surface area contributed by atoms with E-state index in [2.05, 4.69) is 10.2 Å². The summed E-state index contributed by atoms with van der Waals surface area (Å²) in [6, 6.07) is 9.59. The van der Waals surface area contributed by atoms with Gasteiger partial charge in [0.15, 0.2) is 6.10 Å². The van der Waals surface area contributed by atoms with Gasteiger partial charge in [0.1, 0.15) is 0 Å². The minimum absolute atomic E-state index is 0.00868. The van der Waals surface area contributed by atoms with Crippen LogP contribution in [0.1, 0.15) is 17.2 Å². The number of benzene rings is 1. The third kappa shape index (κ3) is 3.60. The number of nitrogens with zero attached hydrogens (tertiary/aromatic N) is 3. The second kappa shape index (κ2) is 7.52. The molecule has 7 heteroatoms. The number of ether oxygens (including phenoxy) is 1. The first-order valence-electron chi connectivity index (χ1n) is 9.27. The number of rotatable bonds is 5. The summed E-state index contributed by atoms with van der Waals surface area (Å²) in [5.74, 6) is 0.822. The monoisotopic (exact) mass is 368 g/mol. The van der Waals surface area contributed by atoms with E-state index in [1.165, 1.54) is 0 Å². The second-order valence-corrected chi connectivity index (χ2v) is 7.37. The van der Waals surface area contributed by atoms with Crippen LogP contribution in [0.3, 0.4) is 0 Å². The molecule has 0 radical (unpaired) electrons. The first-order chi connectivity index (χ1) is 13.2. The highest BCUT2D eigenvalue weighted by molar-refractivity contribution is 5.83. The Morgan fingerprint density at radius 2 is 1.81 bits per heavy atom. The number of likely N-dealkylation sites (tertiary alicyclic amines) is 2. The quantitative estimate of drug-likeness (QED) is 0.862. The normalized spacial score (nSPS) is 22.7. The highest BCUT2D eigenvalue weighted by atomic mass is 16.5. The van der Waals surface area contributed by atoms with E-state index < -0.39 is 6.10 Å². The molecule has 1 N–H and O–H groups in total. The Labute approximate surface area is 158 Å². The molecule has 27 heavy (non-hydrogen) atoms. The number of H-pyrrole nitrogens is 1. The zero-order valence-corrected chi connectivity index (χ0v) is 15.4. The van der Waals surface area contributed by atoms with Crippen molar-refractivity contribution in [1.82, 2.24) is 20.0 Å². The van der Waals surface area contributed by atoms with Crippen LogP contribution >= 0.6 is 0 Å². The van der Waals surface area contributed by atoms with E-state index in [0.717, 1.165) is 11.1 Å². The van der Waals surface area contributed by atoms with Crippen LogP contribution in [0.25, 0.3) is 0 Å². The fraction of sp³-hybridized carbons (Fsp3) is 0.450. The molecule has 2 aliphatic rings. The third-order valence-electron chi connectivity index (χ3n) is 5.62. The van der Waals surface area contributed by atoms with Gasteiger partial charge in [0.25, 0.3) is 5.91 Å². The number of methoxy groups -OCH3 is 1. The molecule has 7 nitrogen and oxygen atoms in total. The molecule has 0 spiro atoms. The number of aromatic nitrogens is 2. The van der Waals surface area contributed by atoms with Crippen molar-refractivity contribution in [3.8, 4) is 0 Å². The second-order valence-electron chi connectivity index (χ2n) is 7.37. The smallest absolute Gasteiger partial charge is 0.256 e. The van der Waals surface area contributed by atoms with Crippen molar-refractivity contribution >= 4 is 11.8 Å². The Bertz CT molecular complexity index is 779. The summed E-state index contributed by atoms with van der Waals surface area (Å²) in [4.78, 5) is 29.3. The molecule has 0 aliphatic carbocycles. The molecule has 4 rings (SSSR count). The molecule has 1 aromatic carbocycles. The van der Waals surface area contributed by atoms with Crippen LogP contribution in [-0.2, 0) is 20.7 Å². The maximum atomic E-state index is 12.9. The molecule has 2 saturated heterocycles. The molecule has 2 amide bonds. The van der Waals surface area contributed by atoms with E-state index in [1.54, 1.807) is 19.5 Å². The highest BCUT2D eigenvalue weighted by Gasteiger charge is 2.44. The van der Waals surface area contributed by atoms with Crippen LogP contribution in [0.4, 0.5) is 0 Å². The zero-order valence-electron chi connectivity index (χ0n) is 15.4. The minimum atomic E-state index is -0.566. The summed E-state index contributed by atoms with van der Waals surface area (Å²) >= 11 is 0. The van der Waals surface area contributed by atoms with Gasteiger partial charge in [-0.2, -0.15) is 5.10 Å². The Hall–Kier alpha value is -2.67. The number of amides is 2. The molecule has 1 aromatic heterocycles. The van der Waals surface area contributed by atoms with Crippen molar-refractivity contribution in [2.45, 2.75) is 12.5 Å². The van der Waals surface area contributed by atoms with Gasteiger partial charge in [-0.3, -0.25) is 14.7 Å². The van der Waals surface area contributed by atoms with Crippen LogP contribution in [0, 0.1) is 11.8 Å². The largest absolute Gasteiger partial charge is 0.367 e. The van der Waals surface area contributed by atoms with Gasteiger partial charge in [0.05, 0.1) is 12.6 Å². The fourth-order valence-corrected chi connectivity index (χ4v) is 4.21. The van der Waals surface area contributed by atoms with E-state index in [-0.39, 0.29) is 11.8 Å². The van der Waals surface area contributed by atoms with Gasteiger partial charge >= 0.3 is 0 Å². The average molecular weight is 368 g/mol. The van der Waals surface area contributed by atoms with Crippen LogP contribution in [0.2, 0.25) is 0 Å². The average Bonchev–Trinajstić information content (AvgIpc) is 3.39. The lowest BCUT2D eigenvalue weighted by Gasteiger charge is -2.25. The Morgan fingerprint density at radius 3 is 2.41 bits per heavy atom. The number of aromatic amines is 1. The van der Waals surface area contributed by atoms with Gasteiger partial charge in [0, 0.05) is 51.3 Å². The highest BCUT2D eigenvalue weighted by Crippen LogP contribution is 2.33. The Balaban J connectivity index is 1.35. The van der Waals surface area contributed by atoms with Gasteiger partial charge < -0.3 is 14.5 Å². The first kappa shape index (κ1) is 17.7. The number of hydrogen-bond acceptors (Lipinski definition) is 4. The van der Waals surface area contributed by atoms with Gasteiger partial charge in [-0.15, -0.1) is 0 Å². The predicted molar refractivity (Wildman–Crippen MR) is 98.6 cm³/mol. The lowest BCUT2D eigenvalue weighted by Crippen LogP contribution is -2.38. The molecular formula is C20H24N4O3. The van der Waals surface area contributed by atoms with Crippen LogP contribution in [-0.4, -0.2) is 65.1 Å². The number of fused-ring (bicyclic) bond motifs is 1. The molecule has 2 fully saturated rings.